The van der Waals surface area contributed by atoms with E-state index in [-0.39, 0.29) is 46.8 Å². The lowest BCUT2D eigenvalue weighted by Gasteiger charge is -2.44. The second-order valence-corrected chi connectivity index (χ2v) is 12.2. The molecule has 2 heterocycles. The minimum absolute atomic E-state index is 0.0814. The summed E-state index contributed by atoms with van der Waals surface area (Å²) in [7, 11) is 1.40. The van der Waals surface area contributed by atoms with Gasteiger partial charge in [0.2, 0.25) is 23.6 Å². The van der Waals surface area contributed by atoms with E-state index in [0.717, 1.165) is 9.80 Å². The molecule has 6 unspecified atom stereocenters. The number of carboxylic acids is 2. The Kier molecular flexibility index (Phi) is 6.96. The third-order valence-electron chi connectivity index (χ3n) is 9.91. The van der Waals surface area contributed by atoms with Crippen LogP contribution in [0.3, 0.4) is 0 Å². The number of hydrogen-bond acceptors (Lipinski definition) is 8. The molecule has 1 saturated carbocycles. The van der Waals surface area contributed by atoms with E-state index in [1.807, 2.05) is 6.08 Å². The van der Waals surface area contributed by atoms with Crippen molar-refractivity contribution in [3.8, 4) is 11.5 Å². The quantitative estimate of drug-likeness (QED) is 0.266. The Morgan fingerprint density at radius 2 is 1.30 bits per heavy atom. The molecule has 0 radical (unpaired) electrons. The van der Waals surface area contributed by atoms with E-state index in [0.29, 0.717) is 11.1 Å². The number of aromatic carboxylic acids is 2. The third kappa shape index (κ3) is 4.50. The van der Waals surface area contributed by atoms with Gasteiger partial charge in [-0.2, -0.15) is 0 Å². The van der Waals surface area contributed by atoms with Crippen molar-refractivity contribution < 1.29 is 48.8 Å². The van der Waals surface area contributed by atoms with Crippen LogP contribution in [-0.4, -0.2) is 58.0 Å². The Hall–Kier alpha value is -5.78. The number of amides is 4. The van der Waals surface area contributed by atoms with Crippen molar-refractivity contribution in [1.82, 2.24) is 0 Å². The maximum absolute atomic E-state index is 14.2. The summed E-state index contributed by atoms with van der Waals surface area (Å²) in [4.78, 5) is 81.6. The molecular weight excluding hydrogens is 608 g/mol. The summed E-state index contributed by atoms with van der Waals surface area (Å²) in [5, 5.41) is 29.8. The number of fused-ring (bicyclic) bond motifs is 4. The van der Waals surface area contributed by atoms with E-state index in [1.165, 1.54) is 61.7 Å². The summed E-state index contributed by atoms with van der Waals surface area (Å²) >= 11 is 0. The second-order valence-electron chi connectivity index (χ2n) is 12.2. The van der Waals surface area contributed by atoms with Gasteiger partial charge in [-0.15, -0.1) is 0 Å². The number of phenols is 1. The standard InChI is InChI=1S/C35H28N2O10/c1-47-26-11-8-16(14-25(26)38)27-21-9-10-22-28(32(41)36(30(22)39)19-6-2-4-17(12-19)34(43)44)23(21)15-24-29(27)33(42)37(31(24)40)20-7-3-5-18(13-20)35(45)46/h2-9,11-14,22-24,27-29,38H,10,15H2,1H3,(H,43,44)(H,45,46). The molecule has 2 aliphatic heterocycles. The molecule has 6 atom stereocenters. The molecule has 4 amide bonds. The molecule has 238 valence electrons. The van der Waals surface area contributed by atoms with Crippen LogP contribution in [-0.2, 0) is 19.2 Å². The number of anilines is 2. The summed E-state index contributed by atoms with van der Waals surface area (Å²) in [6.07, 6.45) is 2.11. The molecule has 0 spiro atoms. The zero-order valence-electron chi connectivity index (χ0n) is 24.9. The number of benzene rings is 3. The van der Waals surface area contributed by atoms with E-state index < -0.39 is 71.1 Å². The van der Waals surface area contributed by atoms with Gasteiger partial charge in [-0.25, -0.2) is 9.59 Å². The number of methoxy groups -OCH3 is 1. The molecule has 3 fully saturated rings. The van der Waals surface area contributed by atoms with Crippen molar-refractivity contribution in [3.63, 3.8) is 0 Å². The van der Waals surface area contributed by atoms with Crippen molar-refractivity contribution in [3.05, 3.63) is 95.1 Å². The van der Waals surface area contributed by atoms with Gasteiger partial charge in [-0.1, -0.05) is 29.8 Å². The molecule has 12 nitrogen and oxygen atoms in total. The Bertz CT molecular complexity index is 1950. The summed E-state index contributed by atoms with van der Waals surface area (Å²) in [5.41, 5.74) is 1.27. The second kappa shape index (κ2) is 10.9. The highest BCUT2D eigenvalue weighted by Crippen LogP contribution is 2.58. The summed E-state index contributed by atoms with van der Waals surface area (Å²) in [5.74, 6) is -9.36. The van der Waals surface area contributed by atoms with E-state index in [4.69, 9.17) is 4.74 Å². The normalized spacial score (nSPS) is 26.4. The maximum Gasteiger partial charge on any atom is 0.335 e. The van der Waals surface area contributed by atoms with Crippen LogP contribution in [0.15, 0.2) is 78.4 Å². The van der Waals surface area contributed by atoms with E-state index in [2.05, 4.69) is 0 Å². The zero-order chi connectivity index (χ0) is 33.3. The van der Waals surface area contributed by atoms with Crippen LogP contribution >= 0.6 is 0 Å². The minimum atomic E-state index is -1.22. The van der Waals surface area contributed by atoms with Gasteiger partial charge in [0.05, 0.1) is 53.3 Å². The van der Waals surface area contributed by atoms with E-state index in [9.17, 15) is 44.1 Å². The summed E-state index contributed by atoms with van der Waals surface area (Å²) in [6, 6.07) is 15.8. The van der Waals surface area contributed by atoms with E-state index in [1.54, 1.807) is 12.1 Å². The highest BCUT2D eigenvalue weighted by Gasteiger charge is 2.62. The average molecular weight is 637 g/mol. The number of hydrogen-bond donors (Lipinski definition) is 3. The highest BCUT2D eigenvalue weighted by atomic mass is 16.5. The van der Waals surface area contributed by atoms with Crippen molar-refractivity contribution >= 4 is 46.9 Å². The van der Waals surface area contributed by atoms with Crippen LogP contribution in [0.5, 0.6) is 11.5 Å². The number of carbonyl (C=O) groups excluding carboxylic acids is 4. The monoisotopic (exact) mass is 636 g/mol. The Balaban J connectivity index is 1.33. The van der Waals surface area contributed by atoms with Gasteiger partial charge in [0.15, 0.2) is 11.5 Å². The number of nitrogens with zero attached hydrogens (tertiary/aromatic N) is 2. The molecule has 3 aromatic rings. The number of carboxylic acid groups (broad SMARTS) is 2. The number of ether oxygens (including phenoxy) is 1. The summed E-state index contributed by atoms with van der Waals surface area (Å²) < 4.78 is 5.22. The molecule has 3 N–H and O–H groups in total. The van der Waals surface area contributed by atoms with Gasteiger partial charge >= 0.3 is 11.9 Å². The SMILES string of the molecule is COc1ccc(C2C3=CCC4C(=O)N(c5cccc(C(=O)O)c5)C(=O)C4C3CC3C(=O)N(c4cccc(C(=O)O)c4)C(=O)C32)cc1O. The van der Waals surface area contributed by atoms with Crippen molar-refractivity contribution in [1.29, 1.82) is 0 Å². The predicted molar refractivity (Wildman–Crippen MR) is 164 cm³/mol. The van der Waals surface area contributed by atoms with Gasteiger partial charge < -0.3 is 20.1 Å². The van der Waals surface area contributed by atoms with Gasteiger partial charge in [-0.05, 0) is 72.9 Å². The van der Waals surface area contributed by atoms with Crippen LogP contribution in [0.2, 0.25) is 0 Å². The van der Waals surface area contributed by atoms with Gasteiger partial charge in [0, 0.05) is 5.92 Å². The van der Waals surface area contributed by atoms with Crippen molar-refractivity contribution in [2.45, 2.75) is 18.8 Å². The molecule has 2 aliphatic carbocycles. The fourth-order valence-corrected chi connectivity index (χ4v) is 7.93. The largest absolute Gasteiger partial charge is 0.504 e. The first-order valence-electron chi connectivity index (χ1n) is 15.0. The smallest absolute Gasteiger partial charge is 0.335 e. The number of aromatic hydroxyl groups is 1. The molecule has 0 bridgehead atoms. The highest BCUT2D eigenvalue weighted by molar-refractivity contribution is 6.24. The number of phenolic OH excluding ortho intramolecular Hbond substituents is 1. The van der Waals surface area contributed by atoms with Crippen LogP contribution in [0.25, 0.3) is 0 Å². The lowest BCUT2D eigenvalue weighted by atomic mass is 9.57. The fourth-order valence-electron chi connectivity index (χ4n) is 7.93. The molecule has 3 aromatic carbocycles. The van der Waals surface area contributed by atoms with E-state index >= 15 is 0 Å². The fraction of sp³-hybridized carbons (Fsp3) is 0.257. The third-order valence-corrected chi connectivity index (χ3v) is 9.91. The minimum Gasteiger partial charge on any atom is -0.504 e. The first-order valence-corrected chi connectivity index (χ1v) is 15.0. The van der Waals surface area contributed by atoms with Crippen LogP contribution < -0.4 is 14.5 Å². The van der Waals surface area contributed by atoms with Gasteiger partial charge in [0.25, 0.3) is 0 Å². The maximum atomic E-state index is 14.2. The molecular formula is C35H28N2O10. The molecule has 0 aromatic heterocycles. The van der Waals surface area contributed by atoms with Gasteiger partial charge in [0.1, 0.15) is 0 Å². The van der Waals surface area contributed by atoms with Crippen molar-refractivity contribution in [2.24, 2.45) is 29.6 Å². The lowest BCUT2D eigenvalue weighted by Crippen LogP contribution is -2.43. The lowest BCUT2D eigenvalue weighted by molar-refractivity contribution is -0.126. The first kappa shape index (κ1) is 29.9. The predicted octanol–water partition coefficient (Wildman–Crippen LogP) is 3.84. The zero-order valence-corrected chi connectivity index (χ0v) is 24.9. The Morgan fingerprint density at radius 3 is 1.85 bits per heavy atom. The summed E-state index contributed by atoms with van der Waals surface area (Å²) in [6.45, 7) is 0. The Labute approximate surface area is 267 Å². The molecule has 12 heteroatoms. The Morgan fingerprint density at radius 1 is 0.723 bits per heavy atom. The molecule has 4 aliphatic rings. The number of allylic oxidation sites excluding steroid dienone is 2. The van der Waals surface area contributed by atoms with Crippen molar-refractivity contribution in [2.75, 3.05) is 16.9 Å². The first-order chi connectivity index (χ1) is 22.5. The van der Waals surface area contributed by atoms with Crippen LogP contribution in [0.1, 0.15) is 45.0 Å². The molecule has 2 saturated heterocycles. The van der Waals surface area contributed by atoms with Crippen LogP contribution in [0.4, 0.5) is 11.4 Å². The van der Waals surface area contributed by atoms with Gasteiger partial charge in [-0.3, -0.25) is 29.0 Å². The molecule has 7 rings (SSSR count). The van der Waals surface area contributed by atoms with Crippen LogP contribution in [0, 0.1) is 29.6 Å². The topological polar surface area (TPSA) is 179 Å². The average Bonchev–Trinajstić information content (AvgIpc) is 3.47. The number of imide groups is 2. The molecule has 47 heavy (non-hydrogen) atoms. The number of rotatable bonds is 6. The number of carbonyl (C=O) groups is 6.